The minimum Gasteiger partial charge on any atom is -0.349 e. The highest BCUT2D eigenvalue weighted by molar-refractivity contribution is 7.90. The van der Waals surface area contributed by atoms with Crippen molar-refractivity contribution in [3.63, 3.8) is 0 Å². The van der Waals surface area contributed by atoms with Crippen LogP contribution in [-0.2, 0) is 20.4 Å². The molecule has 2 aromatic rings. The van der Waals surface area contributed by atoms with Crippen LogP contribution in [0.2, 0.25) is 0 Å². The minimum atomic E-state index is -3.47. The van der Waals surface area contributed by atoms with Crippen molar-refractivity contribution in [3.8, 4) is 5.69 Å². The second-order valence-electron chi connectivity index (χ2n) is 4.97. The molecule has 22 heavy (non-hydrogen) atoms. The van der Waals surface area contributed by atoms with Gasteiger partial charge in [0.2, 0.25) is 5.91 Å². The van der Waals surface area contributed by atoms with E-state index in [0.29, 0.717) is 5.69 Å². The standard InChI is InChI=1S/C13H17N5O3S/c1-17(2)13(19)8-9-22(20,21)10-12-14-15-16-18(12)11-6-4-3-5-7-11/h3-7H,8-10H2,1-2H3. The Morgan fingerprint density at radius 3 is 2.55 bits per heavy atom. The maximum Gasteiger partial charge on any atom is 0.223 e. The predicted octanol–water partition coefficient (Wildman–Crippen LogP) is 0.0554. The van der Waals surface area contributed by atoms with Crippen LogP contribution in [0.15, 0.2) is 30.3 Å². The number of carbonyl (C=O) groups excluding carboxylic acids is 1. The second kappa shape index (κ2) is 6.65. The van der Waals surface area contributed by atoms with Crippen LogP contribution < -0.4 is 0 Å². The Morgan fingerprint density at radius 2 is 1.91 bits per heavy atom. The highest BCUT2D eigenvalue weighted by atomic mass is 32.2. The van der Waals surface area contributed by atoms with Crippen LogP contribution >= 0.6 is 0 Å². The van der Waals surface area contributed by atoms with E-state index in [1.807, 2.05) is 18.2 Å². The van der Waals surface area contributed by atoms with Crippen molar-refractivity contribution in [2.75, 3.05) is 19.8 Å². The molecule has 0 radical (unpaired) electrons. The summed E-state index contributed by atoms with van der Waals surface area (Å²) in [7, 11) is -0.298. The SMILES string of the molecule is CN(C)C(=O)CCS(=O)(=O)Cc1nnnn1-c1ccccc1. The lowest BCUT2D eigenvalue weighted by molar-refractivity contribution is -0.128. The van der Waals surface area contributed by atoms with Gasteiger partial charge in [-0.05, 0) is 22.6 Å². The third-order valence-corrected chi connectivity index (χ3v) is 4.53. The van der Waals surface area contributed by atoms with Crippen molar-refractivity contribution in [3.05, 3.63) is 36.2 Å². The molecule has 0 saturated heterocycles. The van der Waals surface area contributed by atoms with Crippen LogP contribution in [0.1, 0.15) is 12.2 Å². The Hall–Kier alpha value is -2.29. The molecule has 0 bridgehead atoms. The van der Waals surface area contributed by atoms with Crippen molar-refractivity contribution >= 4 is 15.7 Å². The van der Waals surface area contributed by atoms with Gasteiger partial charge in [0.25, 0.3) is 0 Å². The molecule has 0 aliphatic rings. The zero-order chi connectivity index (χ0) is 16.2. The fraction of sp³-hybridized carbons (Fsp3) is 0.385. The smallest absolute Gasteiger partial charge is 0.223 e. The first kappa shape index (κ1) is 16.1. The number of rotatable bonds is 6. The highest BCUT2D eigenvalue weighted by Gasteiger charge is 2.20. The highest BCUT2D eigenvalue weighted by Crippen LogP contribution is 2.10. The fourth-order valence-corrected chi connectivity index (χ4v) is 3.00. The average Bonchev–Trinajstić information content (AvgIpc) is 2.93. The zero-order valence-electron chi connectivity index (χ0n) is 12.4. The Bertz CT molecular complexity index is 740. The van der Waals surface area contributed by atoms with E-state index in [2.05, 4.69) is 15.5 Å². The van der Waals surface area contributed by atoms with Gasteiger partial charge in [0.15, 0.2) is 15.7 Å². The van der Waals surface area contributed by atoms with Gasteiger partial charge in [-0.15, -0.1) is 5.10 Å². The van der Waals surface area contributed by atoms with Gasteiger partial charge in [-0.3, -0.25) is 4.79 Å². The number of nitrogens with zero attached hydrogens (tertiary/aromatic N) is 5. The lowest BCUT2D eigenvalue weighted by Gasteiger charge is -2.10. The van der Waals surface area contributed by atoms with Gasteiger partial charge in [-0.25, -0.2) is 8.42 Å². The van der Waals surface area contributed by atoms with Crippen molar-refractivity contribution in [2.24, 2.45) is 0 Å². The molecule has 0 saturated carbocycles. The van der Waals surface area contributed by atoms with Crippen LogP contribution in [0.25, 0.3) is 5.69 Å². The summed E-state index contributed by atoms with van der Waals surface area (Å²) in [6.07, 6.45) is -0.0533. The molecule has 9 heteroatoms. The van der Waals surface area contributed by atoms with Gasteiger partial charge < -0.3 is 4.90 Å². The molecule has 1 heterocycles. The van der Waals surface area contributed by atoms with Gasteiger partial charge in [0.05, 0.1) is 11.4 Å². The third kappa shape index (κ3) is 4.10. The van der Waals surface area contributed by atoms with Crippen molar-refractivity contribution in [2.45, 2.75) is 12.2 Å². The summed E-state index contributed by atoms with van der Waals surface area (Å²) in [6.45, 7) is 0. The summed E-state index contributed by atoms with van der Waals surface area (Å²) in [5.41, 5.74) is 0.682. The number of hydrogen-bond acceptors (Lipinski definition) is 6. The van der Waals surface area contributed by atoms with Crippen LogP contribution in [0.4, 0.5) is 0 Å². The molecule has 0 aliphatic carbocycles. The molecule has 0 N–H and O–H groups in total. The Balaban J connectivity index is 2.11. The van der Waals surface area contributed by atoms with Crippen LogP contribution in [0.3, 0.4) is 0 Å². The number of sulfone groups is 1. The maximum absolute atomic E-state index is 12.1. The molecule has 0 fully saturated rings. The Kier molecular flexibility index (Phi) is 4.86. The van der Waals surface area contributed by atoms with E-state index >= 15 is 0 Å². The van der Waals surface area contributed by atoms with Crippen LogP contribution in [0.5, 0.6) is 0 Å². The zero-order valence-corrected chi connectivity index (χ0v) is 13.2. The van der Waals surface area contributed by atoms with E-state index in [1.54, 1.807) is 26.2 Å². The van der Waals surface area contributed by atoms with Gasteiger partial charge in [0, 0.05) is 20.5 Å². The number of aromatic nitrogens is 4. The molecule has 0 unspecified atom stereocenters. The summed E-state index contributed by atoms with van der Waals surface area (Å²) >= 11 is 0. The van der Waals surface area contributed by atoms with Gasteiger partial charge >= 0.3 is 0 Å². The molecular formula is C13H17N5O3S. The van der Waals surface area contributed by atoms with Gasteiger partial charge in [-0.1, -0.05) is 18.2 Å². The van der Waals surface area contributed by atoms with E-state index in [4.69, 9.17) is 0 Å². The molecule has 1 aromatic carbocycles. The lowest BCUT2D eigenvalue weighted by Crippen LogP contribution is -2.25. The number of para-hydroxylation sites is 1. The molecule has 2 rings (SSSR count). The molecule has 0 aliphatic heterocycles. The summed E-state index contributed by atoms with van der Waals surface area (Å²) in [4.78, 5) is 12.9. The summed E-state index contributed by atoms with van der Waals surface area (Å²) < 4.78 is 25.6. The monoisotopic (exact) mass is 323 g/mol. The number of amides is 1. The van der Waals surface area contributed by atoms with Crippen molar-refractivity contribution < 1.29 is 13.2 Å². The van der Waals surface area contributed by atoms with Gasteiger partial charge in [0.1, 0.15) is 5.75 Å². The molecule has 0 spiro atoms. The number of benzene rings is 1. The first-order valence-corrected chi connectivity index (χ1v) is 8.44. The van der Waals surface area contributed by atoms with E-state index in [1.165, 1.54) is 9.58 Å². The van der Waals surface area contributed by atoms with Crippen LogP contribution in [0, 0.1) is 0 Å². The van der Waals surface area contributed by atoms with E-state index < -0.39 is 9.84 Å². The molecular weight excluding hydrogens is 306 g/mol. The van der Waals surface area contributed by atoms with E-state index in [0.717, 1.165) is 0 Å². The minimum absolute atomic E-state index is 0.0533. The van der Waals surface area contributed by atoms with Crippen LogP contribution in [-0.4, -0.2) is 59.3 Å². The van der Waals surface area contributed by atoms with Crippen molar-refractivity contribution in [1.82, 2.24) is 25.1 Å². The Morgan fingerprint density at radius 1 is 1.23 bits per heavy atom. The third-order valence-electron chi connectivity index (χ3n) is 3.01. The first-order valence-electron chi connectivity index (χ1n) is 6.62. The molecule has 8 nitrogen and oxygen atoms in total. The molecule has 1 aromatic heterocycles. The average molecular weight is 323 g/mol. The Labute approximate surface area is 128 Å². The predicted molar refractivity (Wildman–Crippen MR) is 80.0 cm³/mol. The lowest BCUT2D eigenvalue weighted by atomic mass is 10.3. The number of carbonyl (C=O) groups is 1. The number of tetrazole rings is 1. The number of hydrogen-bond donors (Lipinski definition) is 0. The topological polar surface area (TPSA) is 98.1 Å². The summed E-state index contributed by atoms with van der Waals surface area (Å²) in [6, 6.07) is 9.03. The summed E-state index contributed by atoms with van der Waals surface area (Å²) in [5, 5.41) is 11.1. The summed E-state index contributed by atoms with van der Waals surface area (Å²) in [5.74, 6) is -0.545. The largest absolute Gasteiger partial charge is 0.349 e. The first-order chi connectivity index (χ1) is 10.4. The van der Waals surface area contributed by atoms with E-state index in [9.17, 15) is 13.2 Å². The second-order valence-corrected chi connectivity index (χ2v) is 7.16. The quantitative estimate of drug-likeness (QED) is 0.745. The maximum atomic E-state index is 12.1. The normalized spacial score (nSPS) is 11.4. The molecule has 118 valence electrons. The molecule has 0 atom stereocenters. The van der Waals surface area contributed by atoms with Gasteiger partial charge in [-0.2, -0.15) is 4.68 Å². The fourth-order valence-electron chi connectivity index (χ4n) is 1.80. The van der Waals surface area contributed by atoms with E-state index in [-0.39, 0.29) is 29.7 Å². The molecule has 1 amide bonds. The van der Waals surface area contributed by atoms with Crippen molar-refractivity contribution in [1.29, 1.82) is 0 Å².